The smallest absolute Gasteiger partial charge is 0.244 e. The Bertz CT molecular complexity index is 609. The van der Waals surface area contributed by atoms with Crippen LogP contribution in [-0.4, -0.2) is 17.0 Å². The van der Waals surface area contributed by atoms with Gasteiger partial charge in [0.2, 0.25) is 5.91 Å². The summed E-state index contributed by atoms with van der Waals surface area (Å²) in [5.41, 5.74) is 1.97. The van der Waals surface area contributed by atoms with Crippen LogP contribution in [0.2, 0.25) is 0 Å². The number of hydrogen-bond acceptors (Lipinski definition) is 2. The number of rotatable bonds is 6. The third-order valence-corrected chi connectivity index (χ3v) is 3.95. The van der Waals surface area contributed by atoms with Gasteiger partial charge in [0.25, 0.3) is 0 Å². The van der Waals surface area contributed by atoms with Gasteiger partial charge in [-0.3, -0.25) is 4.79 Å². The summed E-state index contributed by atoms with van der Waals surface area (Å²) in [5.74, 6) is -0.0415. The SMILES string of the molecule is CCNC(C)c1ccn(CC(=O)Nc2ccccc2Br)c1. The second-order valence-electron chi connectivity index (χ2n) is 4.92. The van der Waals surface area contributed by atoms with E-state index in [4.69, 9.17) is 0 Å². The molecule has 1 unspecified atom stereocenters. The minimum absolute atomic E-state index is 0.0415. The zero-order valence-corrected chi connectivity index (χ0v) is 13.9. The molecule has 21 heavy (non-hydrogen) atoms. The van der Waals surface area contributed by atoms with Gasteiger partial charge in [-0.25, -0.2) is 0 Å². The number of benzene rings is 1. The van der Waals surface area contributed by atoms with E-state index in [1.54, 1.807) is 0 Å². The molecular weight excluding hydrogens is 330 g/mol. The minimum atomic E-state index is -0.0415. The van der Waals surface area contributed by atoms with E-state index in [1.807, 2.05) is 47.3 Å². The quantitative estimate of drug-likeness (QED) is 0.837. The number of hydrogen-bond donors (Lipinski definition) is 2. The maximum absolute atomic E-state index is 12.1. The van der Waals surface area contributed by atoms with Crippen LogP contribution in [0.15, 0.2) is 47.2 Å². The number of halogens is 1. The highest BCUT2D eigenvalue weighted by molar-refractivity contribution is 9.10. The number of amides is 1. The van der Waals surface area contributed by atoms with E-state index in [0.717, 1.165) is 16.7 Å². The highest BCUT2D eigenvalue weighted by Gasteiger charge is 2.09. The van der Waals surface area contributed by atoms with Crippen LogP contribution in [0.4, 0.5) is 5.69 Å². The Balaban J connectivity index is 1.96. The number of anilines is 1. The average molecular weight is 350 g/mol. The molecule has 0 saturated carbocycles. The molecule has 0 bridgehead atoms. The van der Waals surface area contributed by atoms with Crippen LogP contribution in [0, 0.1) is 0 Å². The molecule has 0 aliphatic carbocycles. The molecular formula is C16H20BrN3O. The summed E-state index contributed by atoms with van der Waals surface area (Å²) < 4.78 is 2.78. The van der Waals surface area contributed by atoms with E-state index in [-0.39, 0.29) is 5.91 Å². The van der Waals surface area contributed by atoms with Gasteiger partial charge in [-0.2, -0.15) is 0 Å². The number of aromatic nitrogens is 1. The summed E-state index contributed by atoms with van der Waals surface area (Å²) in [7, 11) is 0. The number of carbonyl (C=O) groups excluding carboxylic acids is 1. The lowest BCUT2D eigenvalue weighted by molar-refractivity contribution is -0.116. The fourth-order valence-electron chi connectivity index (χ4n) is 2.16. The van der Waals surface area contributed by atoms with E-state index < -0.39 is 0 Å². The van der Waals surface area contributed by atoms with Crippen molar-refractivity contribution in [2.24, 2.45) is 0 Å². The second kappa shape index (κ2) is 7.43. The van der Waals surface area contributed by atoms with E-state index in [9.17, 15) is 4.79 Å². The lowest BCUT2D eigenvalue weighted by Gasteiger charge is -2.10. The van der Waals surface area contributed by atoms with Gasteiger partial charge >= 0.3 is 0 Å². The van der Waals surface area contributed by atoms with Gasteiger partial charge < -0.3 is 15.2 Å². The predicted molar refractivity (Wildman–Crippen MR) is 89.3 cm³/mol. The van der Waals surface area contributed by atoms with E-state index in [2.05, 4.69) is 40.4 Å². The second-order valence-corrected chi connectivity index (χ2v) is 5.78. The third kappa shape index (κ3) is 4.44. The molecule has 0 aliphatic heterocycles. The summed E-state index contributed by atoms with van der Waals surface area (Å²) in [5, 5.41) is 6.26. The standard InChI is InChI=1S/C16H20BrN3O/c1-3-18-12(2)13-8-9-20(10-13)11-16(21)19-15-7-5-4-6-14(15)17/h4-10,12,18H,3,11H2,1-2H3,(H,19,21). The van der Waals surface area contributed by atoms with Crippen molar-refractivity contribution < 1.29 is 4.79 Å². The minimum Gasteiger partial charge on any atom is -0.345 e. The molecule has 0 spiro atoms. The highest BCUT2D eigenvalue weighted by atomic mass is 79.9. The van der Waals surface area contributed by atoms with Crippen molar-refractivity contribution in [1.82, 2.24) is 9.88 Å². The molecule has 112 valence electrons. The van der Waals surface area contributed by atoms with Crippen LogP contribution in [0.5, 0.6) is 0 Å². The van der Waals surface area contributed by atoms with Gasteiger partial charge in [0.1, 0.15) is 6.54 Å². The summed E-state index contributed by atoms with van der Waals surface area (Å²) in [4.78, 5) is 12.1. The zero-order valence-electron chi connectivity index (χ0n) is 12.3. The van der Waals surface area contributed by atoms with Crippen LogP contribution < -0.4 is 10.6 Å². The fourth-order valence-corrected chi connectivity index (χ4v) is 2.54. The van der Waals surface area contributed by atoms with Crippen molar-refractivity contribution in [2.75, 3.05) is 11.9 Å². The Kier molecular flexibility index (Phi) is 5.59. The van der Waals surface area contributed by atoms with Crippen molar-refractivity contribution in [2.45, 2.75) is 26.4 Å². The van der Waals surface area contributed by atoms with Crippen LogP contribution in [-0.2, 0) is 11.3 Å². The van der Waals surface area contributed by atoms with Crippen LogP contribution >= 0.6 is 15.9 Å². The maximum Gasteiger partial charge on any atom is 0.244 e. The largest absolute Gasteiger partial charge is 0.345 e. The molecule has 2 N–H and O–H groups in total. The van der Waals surface area contributed by atoms with Crippen LogP contribution in [0.3, 0.4) is 0 Å². The highest BCUT2D eigenvalue weighted by Crippen LogP contribution is 2.21. The van der Waals surface area contributed by atoms with Gasteiger partial charge in [0.05, 0.1) is 5.69 Å². The first-order chi connectivity index (χ1) is 10.1. The first-order valence-electron chi connectivity index (χ1n) is 7.03. The summed E-state index contributed by atoms with van der Waals surface area (Å²) in [6.07, 6.45) is 3.94. The lowest BCUT2D eigenvalue weighted by atomic mass is 10.2. The molecule has 2 aromatic rings. The number of para-hydroxylation sites is 1. The van der Waals surface area contributed by atoms with E-state index in [1.165, 1.54) is 5.56 Å². The molecule has 4 nitrogen and oxygen atoms in total. The summed E-state index contributed by atoms with van der Waals surface area (Å²) in [6, 6.07) is 9.92. The first kappa shape index (κ1) is 15.8. The van der Waals surface area contributed by atoms with Crippen molar-refractivity contribution in [1.29, 1.82) is 0 Å². The Morgan fingerprint density at radius 1 is 1.33 bits per heavy atom. The van der Waals surface area contributed by atoms with Crippen molar-refractivity contribution in [3.63, 3.8) is 0 Å². The van der Waals surface area contributed by atoms with Gasteiger partial charge in [-0.1, -0.05) is 19.1 Å². The fraction of sp³-hybridized carbons (Fsp3) is 0.312. The zero-order chi connectivity index (χ0) is 15.2. The Labute approximate surface area is 133 Å². The van der Waals surface area contributed by atoms with Gasteiger partial charge in [-0.05, 0) is 53.2 Å². The van der Waals surface area contributed by atoms with Crippen molar-refractivity contribution in [3.8, 4) is 0 Å². The Morgan fingerprint density at radius 3 is 2.81 bits per heavy atom. The molecule has 0 radical (unpaired) electrons. The molecule has 1 heterocycles. The molecule has 1 aromatic carbocycles. The molecule has 2 rings (SSSR count). The van der Waals surface area contributed by atoms with E-state index >= 15 is 0 Å². The van der Waals surface area contributed by atoms with E-state index in [0.29, 0.717) is 12.6 Å². The predicted octanol–water partition coefficient (Wildman–Crippen LogP) is 3.56. The normalized spacial score (nSPS) is 12.1. The molecule has 1 atom stereocenters. The number of carbonyl (C=O) groups is 1. The van der Waals surface area contributed by atoms with Crippen molar-refractivity contribution >= 4 is 27.5 Å². The molecule has 0 fully saturated rings. The molecule has 1 aromatic heterocycles. The van der Waals surface area contributed by atoms with Gasteiger partial charge in [0.15, 0.2) is 0 Å². The molecule has 1 amide bonds. The van der Waals surface area contributed by atoms with Crippen molar-refractivity contribution in [3.05, 3.63) is 52.8 Å². The monoisotopic (exact) mass is 349 g/mol. The Morgan fingerprint density at radius 2 is 2.10 bits per heavy atom. The summed E-state index contributed by atoms with van der Waals surface area (Å²) in [6.45, 7) is 5.43. The molecule has 0 aliphatic rings. The van der Waals surface area contributed by atoms with Crippen LogP contribution in [0.25, 0.3) is 0 Å². The van der Waals surface area contributed by atoms with Gasteiger partial charge in [-0.15, -0.1) is 0 Å². The van der Waals surface area contributed by atoms with Gasteiger partial charge in [0, 0.05) is 22.9 Å². The Hall–Kier alpha value is -1.59. The maximum atomic E-state index is 12.1. The first-order valence-corrected chi connectivity index (χ1v) is 7.83. The lowest BCUT2D eigenvalue weighted by Crippen LogP contribution is -2.19. The average Bonchev–Trinajstić information content (AvgIpc) is 2.90. The topological polar surface area (TPSA) is 46.1 Å². The third-order valence-electron chi connectivity index (χ3n) is 3.26. The molecule has 0 saturated heterocycles. The number of nitrogens with one attached hydrogen (secondary N) is 2. The molecule has 5 heteroatoms. The summed E-state index contributed by atoms with van der Waals surface area (Å²) >= 11 is 3.42. The van der Waals surface area contributed by atoms with Crippen LogP contribution in [0.1, 0.15) is 25.5 Å². The number of nitrogens with zero attached hydrogens (tertiary/aromatic N) is 1.